The largest absolute Gasteiger partial charge is 0.455 e. The normalized spacial score (nSPS) is 12.9. The molecule has 0 aliphatic heterocycles. The molecule has 0 aliphatic carbocycles. The molecule has 2 aromatic rings. The molecule has 1 heterocycles. The molecule has 0 unspecified atom stereocenters. The van der Waals surface area contributed by atoms with Crippen molar-refractivity contribution in [3.8, 4) is 11.8 Å². The molecule has 1 amide bonds. The van der Waals surface area contributed by atoms with Crippen molar-refractivity contribution in [3.05, 3.63) is 41.7 Å². The van der Waals surface area contributed by atoms with Gasteiger partial charge in [-0.25, -0.2) is 4.68 Å². The van der Waals surface area contributed by atoms with Crippen LogP contribution in [0.4, 0.5) is 0 Å². The lowest BCUT2D eigenvalue weighted by Gasteiger charge is -2.27. The number of thioether (sulfide) groups is 1. The van der Waals surface area contributed by atoms with E-state index in [0.717, 1.165) is 22.0 Å². The van der Waals surface area contributed by atoms with Gasteiger partial charge in [-0.05, 0) is 38.8 Å². The number of amides is 1. The molecule has 0 radical (unpaired) electrons. The number of hydrogen-bond donors (Lipinski definition) is 1. The molecule has 7 nitrogen and oxygen atoms in total. The molecule has 0 fully saturated rings. The summed E-state index contributed by atoms with van der Waals surface area (Å²) in [5.41, 5.74) is 1.71. The second kappa shape index (κ2) is 9.61. The molecule has 1 aromatic carbocycles. The van der Waals surface area contributed by atoms with Crippen LogP contribution < -0.4 is 5.32 Å². The summed E-state index contributed by atoms with van der Waals surface area (Å²) < 4.78 is 6.90. The van der Waals surface area contributed by atoms with Crippen LogP contribution in [0.2, 0.25) is 0 Å². The summed E-state index contributed by atoms with van der Waals surface area (Å²) in [5, 5.41) is 16.4. The fourth-order valence-corrected chi connectivity index (χ4v) is 3.49. The molecular formula is C21H26N4O3S. The van der Waals surface area contributed by atoms with Crippen molar-refractivity contribution in [3.63, 3.8) is 0 Å². The molecule has 1 aromatic heterocycles. The molecule has 0 bridgehead atoms. The Morgan fingerprint density at radius 2 is 1.97 bits per heavy atom. The van der Waals surface area contributed by atoms with Crippen LogP contribution in [0, 0.1) is 31.1 Å². The zero-order chi connectivity index (χ0) is 21.6. The summed E-state index contributed by atoms with van der Waals surface area (Å²) in [4.78, 5) is 25.0. The Bertz CT molecular complexity index is 918. The zero-order valence-corrected chi connectivity index (χ0v) is 18.2. The van der Waals surface area contributed by atoms with Gasteiger partial charge in [-0.3, -0.25) is 9.59 Å². The van der Waals surface area contributed by atoms with Crippen LogP contribution >= 0.6 is 11.8 Å². The summed E-state index contributed by atoms with van der Waals surface area (Å²) in [7, 11) is 0. The van der Waals surface area contributed by atoms with E-state index in [1.165, 1.54) is 11.8 Å². The molecule has 2 rings (SSSR count). The third-order valence-electron chi connectivity index (χ3n) is 4.71. The number of ether oxygens (including phenoxy) is 1. The van der Waals surface area contributed by atoms with Crippen LogP contribution in [-0.2, 0) is 14.3 Å². The summed E-state index contributed by atoms with van der Waals surface area (Å²) in [6.45, 7) is 8.75. The monoisotopic (exact) mass is 414 g/mol. The number of aromatic nitrogens is 2. The number of carbonyl (C=O) groups excluding carboxylic acids is 2. The summed E-state index contributed by atoms with van der Waals surface area (Å²) in [6, 6.07) is 11.8. The Kier molecular flexibility index (Phi) is 7.46. The fraction of sp³-hybridized carbons (Fsp3) is 0.429. The highest BCUT2D eigenvalue weighted by Crippen LogP contribution is 2.28. The first-order chi connectivity index (χ1) is 13.7. The van der Waals surface area contributed by atoms with Gasteiger partial charge in [0.05, 0.1) is 33.8 Å². The topological polar surface area (TPSA) is 97.0 Å². The Morgan fingerprint density at radius 1 is 1.31 bits per heavy atom. The third-order valence-corrected chi connectivity index (χ3v) is 5.97. The van der Waals surface area contributed by atoms with Crippen molar-refractivity contribution in [1.82, 2.24) is 15.1 Å². The second-order valence-electron chi connectivity index (χ2n) is 7.21. The molecule has 8 heteroatoms. The van der Waals surface area contributed by atoms with Gasteiger partial charge in [-0.1, -0.05) is 32.0 Å². The number of aryl methyl sites for hydroxylation is 1. The van der Waals surface area contributed by atoms with Gasteiger partial charge < -0.3 is 10.1 Å². The molecule has 29 heavy (non-hydrogen) atoms. The predicted octanol–water partition coefficient (Wildman–Crippen LogP) is 3.18. The van der Waals surface area contributed by atoms with E-state index in [2.05, 4.69) is 16.5 Å². The summed E-state index contributed by atoms with van der Waals surface area (Å²) in [6.07, 6.45) is 0. The zero-order valence-electron chi connectivity index (χ0n) is 17.4. The van der Waals surface area contributed by atoms with E-state index in [1.807, 2.05) is 62.7 Å². The first kappa shape index (κ1) is 22.5. The number of rotatable bonds is 8. The highest BCUT2D eigenvalue weighted by Gasteiger charge is 2.30. The molecule has 1 atom stereocenters. The molecule has 0 saturated heterocycles. The average molecular weight is 415 g/mol. The van der Waals surface area contributed by atoms with Crippen molar-refractivity contribution >= 4 is 23.6 Å². The SMILES string of the molecule is Cc1nn(-c2ccccc2)c(C)c1SCC(=O)OCC(=O)N[C@@](C)(C#N)C(C)C. The van der Waals surface area contributed by atoms with Gasteiger partial charge in [0, 0.05) is 0 Å². The maximum absolute atomic E-state index is 12.1. The highest BCUT2D eigenvalue weighted by molar-refractivity contribution is 8.00. The van der Waals surface area contributed by atoms with E-state index >= 15 is 0 Å². The average Bonchev–Trinajstić information content (AvgIpc) is 2.98. The summed E-state index contributed by atoms with van der Waals surface area (Å²) in [5.74, 6) is -1.01. The van der Waals surface area contributed by atoms with Gasteiger partial charge in [-0.15, -0.1) is 11.8 Å². The van der Waals surface area contributed by atoms with Crippen molar-refractivity contribution in [2.24, 2.45) is 5.92 Å². The number of hydrogen-bond acceptors (Lipinski definition) is 6. The molecule has 154 valence electrons. The van der Waals surface area contributed by atoms with E-state index < -0.39 is 24.0 Å². The number of benzene rings is 1. The third kappa shape index (κ3) is 5.61. The Labute approximate surface area is 175 Å². The van der Waals surface area contributed by atoms with Crippen LogP contribution in [0.3, 0.4) is 0 Å². The van der Waals surface area contributed by atoms with Crippen molar-refractivity contribution in [2.75, 3.05) is 12.4 Å². The highest BCUT2D eigenvalue weighted by atomic mass is 32.2. The van der Waals surface area contributed by atoms with Crippen LogP contribution in [0.1, 0.15) is 32.2 Å². The van der Waals surface area contributed by atoms with Crippen LogP contribution in [0.25, 0.3) is 5.69 Å². The standard InChI is InChI=1S/C21H26N4O3S/c1-14(2)21(5,13-22)23-18(26)11-28-19(27)12-29-20-15(3)24-25(16(20)4)17-9-7-6-8-10-17/h6-10,14H,11-12H2,1-5H3,(H,23,26)/t21-/m0/s1. The number of nitrogens with zero attached hydrogens (tertiary/aromatic N) is 3. The molecule has 0 aliphatic rings. The Balaban J connectivity index is 1.91. The first-order valence-corrected chi connectivity index (χ1v) is 10.3. The molecule has 0 saturated carbocycles. The second-order valence-corrected chi connectivity index (χ2v) is 8.20. The predicted molar refractivity (Wildman–Crippen MR) is 112 cm³/mol. The lowest BCUT2D eigenvalue weighted by molar-refractivity contribution is -0.146. The van der Waals surface area contributed by atoms with E-state index in [-0.39, 0.29) is 11.7 Å². The molecule has 0 spiro atoms. The fourth-order valence-electron chi connectivity index (χ4n) is 2.60. The van der Waals surface area contributed by atoms with E-state index in [0.29, 0.717) is 0 Å². The maximum Gasteiger partial charge on any atom is 0.316 e. The number of nitrogens with one attached hydrogen (secondary N) is 1. The quantitative estimate of drug-likeness (QED) is 0.526. The number of esters is 1. The van der Waals surface area contributed by atoms with Crippen molar-refractivity contribution in [1.29, 1.82) is 5.26 Å². The van der Waals surface area contributed by atoms with E-state index in [4.69, 9.17) is 4.74 Å². The molecular weight excluding hydrogens is 388 g/mol. The van der Waals surface area contributed by atoms with Crippen LogP contribution in [0.15, 0.2) is 35.2 Å². The van der Waals surface area contributed by atoms with Crippen LogP contribution in [0.5, 0.6) is 0 Å². The number of para-hydroxylation sites is 1. The Morgan fingerprint density at radius 3 is 2.55 bits per heavy atom. The summed E-state index contributed by atoms with van der Waals surface area (Å²) >= 11 is 1.33. The minimum Gasteiger partial charge on any atom is -0.455 e. The van der Waals surface area contributed by atoms with Gasteiger partial charge in [-0.2, -0.15) is 10.4 Å². The van der Waals surface area contributed by atoms with E-state index in [1.54, 1.807) is 6.92 Å². The smallest absolute Gasteiger partial charge is 0.316 e. The van der Waals surface area contributed by atoms with Gasteiger partial charge in [0.15, 0.2) is 6.61 Å². The number of nitriles is 1. The first-order valence-electron chi connectivity index (χ1n) is 9.30. The van der Waals surface area contributed by atoms with Gasteiger partial charge in [0.25, 0.3) is 5.91 Å². The minimum absolute atomic E-state index is 0.0646. The van der Waals surface area contributed by atoms with E-state index in [9.17, 15) is 14.9 Å². The van der Waals surface area contributed by atoms with Gasteiger partial charge in [0.2, 0.25) is 0 Å². The molecule has 1 N–H and O–H groups in total. The van der Waals surface area contributed by atoms with Gasteiger partial charge >= 0.3 is 5.97 Å². The number of carbonyl (C=O) groups is 2. The maximum atomic E-state index is 12.1. The lowest BCUT2D eigenvalue weighted by Crippen LogP contribution is -2.50. The minimum atomic E-state index is -1.00. The van der Waals surface area contributed by atoms with Gasteiger partial charge in [0.1, 0.15) is 5.54 Å². The lowest BCUT2D eigenvalue weighted by atomic mass is 9.90. The van der Waals surface area contributed by atoms with Crippen molar-refractivity contribution < 1.29 is 14.3 Å². The van der Waals surface area contributed by atoms with Crippen LogP contribution in [-0.4, -0.2) is 39.6 Å². The Hall–Kier alpha value is -2.79. The van der Waals surface area contributed by atoms with Crippen molar-refractivity contribution in [2.45, 2.75) is 45.1 Å².